The van der Waals surface area contributed by atoms with Crippen molar-refractivity contribution < 1.29 is 9.53 Å². The van der Waals surface area contributed by atoms with E-state index in [1.54, 1.807) is 48.7 Å². The zero-order valence-corrected chi connectivity index (χ0v) is 16.2. The van der Waals surface area contributed by atoms with Gasteiger partial charge < -0.3 is 15.0 Å². The zero-order chi connectivity index (χ0) is 20.6. The van der Waals surface area contributed by atoms with Crippen LogP contribution in [0, 0.1) is 11.3 Å². The molecule has 0 radical (unpaired) electrons. The summed E-state index contributed by atoms with van der Waals surface area (Å²) in [5.74, 6) is 1.52. The molecule has 0 spiro atoms. The Hall–Kier alpha value is -3.99. The summed E-state index contributed by atoms with van der Waals surface area (Å²) in [5.41, 5.74) is 2.23. The first-order valence-electron chi connectivity index (χ1n) is 8.97. The molecule has 3 rings (SSSR count). The van der Waals surface area contributed by atoms with E-state index in [0.29, 0.717) is 36.1 Å². The topological polar surface area (TPSA) is 104 Å². The Bertz CT molecular complexity index is 1030. The lowest BCUT2D eigenvalue weighted by Crippen LogP contribution is -2.29. The zero-order valence-electron chi connectivity index (χ0n) is 16.2. The third-order valence-corrected chi connectivity index (χ3v) is 4.23. The predicted molar refractivity (Wildman–Crippen MR) is 108 cm³/mol. The fraction of sp³-hybridized carbons (Fsp3) is 0.190. The van der Waals surface area contributed by atoms with Gasteiger partial charge in [-0.25, -0.2) is 0 Å². The number of hydrogen-bond donors (Lipinski definition) is 1. The summed E-state index contributed by atoms with van der Waals surface area (Å²) in [7, 11) is 1.74. The molecule has 8 nitrogen and oxygen atoms in total. The van der Waals surface area contributed by atoms with Crippen molar-refractivity contribution in [2.75, 3.05) is 25.5 Å². The van der Waals surface area contributed by atoms with Gasteiger partial charge in [0.05, 0.1) is 18.0 Å². The summed E-state index contributed by atoms with van der Waals surface area (Å²) in [4.78, 5) is 25.3. The highest BCUT2D eigenvalue weighted by Gasteiger charge is 2.07. The van der Waals surface area contributed by atoms with Crippen LogP contribution in [0.4, 0.5) is 5.82 Å². The van der Waals surface area contributed by atoms with Crippen LogP contribution in [-0.4, -0.2) is 45.9 Å². The molecule has 0 aliphatic carbocycles. The lowest BCUT2D eigenvalue weighted by atomic mass is 10.0. The van der Waals surface area contributed by atoms with Gasteiger partial charge in [0.25, 0.3) is 0 Å². The van der Waals surface area contributed by atoms with Crippen LogP contribution in [0.15, 0.2) is 55.1 Å². The maximum atomic E-state index is 11.2. The number of rotatable bonds is 7. The summed E-state index contributed by atoms with van der Waals surface area (Å²) in [5, 5.41) is 12.3. The second-order valence-corrected chi connectivity index (χ2v) is 6.27. The van der Waals surface area contributed by atoms with E-state index in [1.807, 2.05) is 12.1 Å². The maximum absolute atomic E-state index is 11.2. The number of anilines is 1. The van der Waals surface area contributed by atoms with Gasteiger partial charge in [-0.15, -0.1) is 0 Å². The number of hydrogen-bond acceptors (Lipinski definition) is 7. The van der Waals surface area contributed by atoms with Crippen LogP contribution in [0.3, 0.4) is 0 Å². The van der Waals surface area contributed by atoms with E-state index >= 15 is 0 Å². The van der Waals surface area contributed by atoms with Crippen molar-refractivity contribution in [2.24, 2.45) is 0 Å². The number of aromatic nitrogens is 3. The average Bonchev–Trinajstić information content (AvgIpc) is 2.74. The Morgan fingerprint density at radius 1 is 1.17 bits per heavy atom. The molecule has 0 fully saturated rings. The van der Waals surface area contributed by atoms with Crippen LogP contribution in [0.2, 0.25) is 0 Å². The fourth-order valence-corrected chi connectivity index (χ4v) is 2.55. The molecule has 146 valence electrons. The quantitative estimate of drug-likeness (QED) is 0.663. The van der Waals surface area contributed by atoms with Crippen LogP contribution in [0.25, 0.3) is 11.1 Å². The first kappa shape index (κ1) is 19.8. The fourth-order valence-electron chi connectivity index (χ4n) is 2.55. The minimum atomic E-state index is 0.00655. The molecule has 0 atom stereocenters. The molecule has 0 unspecified atom stereocenters. The standard InChI is InChI=1S/C21H20N6O2/c1-15(28)27(2)10-9-25-20-13-24-14-21(26-20)29-18-5-3-16(4-6-18)19-7-8-23-12-17(19)11-22/h3-8,12-14H,9-10H2,1-2H3,(H,25,26). The molecular formula is C21H20N6O2. The number of ether oxygens (including phenoxy) is 1. The first-order valence-corrected chi connectivity index (χ1v) is 8.97. The van der Waals surface area contributed by atoms with Gasteiger partial charge in [0.15, 0.2) is 0 Å². The second-order valence-electron chi connectivity index (χ2n) is 6.27. The molecule has 0 aliphatic rings. The van der Waals surface area contributed by atoms with E-state index in [2.05, 4.69) is 26.3 Å². The van der Waals surface area contributed by atoms with Crippen molar-refractivity contribution in [1.82, 2.24) is 19.9 Å². The van der Waals surface area contributed by atoms with Crippen LogP contribution in [-0.2, 0) is 4.79 Å². The van der Waals surface area contributed by atoms with Crippen LogP contribution in [0.5, 0.6) is 11.6 Å². The smallest absolute Gasteiger partial charge is 0.239 e. The number of benzene rings is 1. The molecule has 1 N–H and O–H groups in total. The molecule has 3 aromatic rings. The molecule has 29 heavy (non-hydrogen) atoms. The summed E-state index contributed by atoms with van der Waals surface area (Å²) in [6, 6.07) is 11.3. The van der Waals surface area contributed by atoms with Crippen molar-refractivity contribution in [1.29, 1.82) is 5.26 Å². The van der Waals surface area contributed by atoms with Gasteiger partial charge in [-0.2, -0.15) is 10.2 Å². The summed E-state index contributed by atoms with van der Waals surface area (Å²) >= 11 is 0. The number of pyridine rings is 1. The summed E-state index contributed by atoms with van der Waals surface area (Å²) in [6.45, 7) is 2.63. The van der Waals surface area contributed by atoms with E-state index in [9.17, 15) is 10.1 Å². The molecular weight excluding hydrogens is 368 g/mol. The van der Waals surface area contributed by atoms with Crippen molar-refractivity contribution in [3.05, 3.63) is 60.7 Å². The average molecular weight is 388 g/mol. The Morgan fingerprint density at radius 2 is 1.97 bits per heavy atom. The van der Waals surface area contributed by atoms with Crippen LogP contribution >= 0.6 is 0 Å². The van der Waals surface area contributed by atoms with Crippen molar-refractivity contribution in [3.8, 4) is 28.8 Å². The van der Waals surface area contributed by atoms with Gasteiger partial charge in [0.2, 0.25) is 11.8 Å². The maximum Gasteiger partial charge on any atom is 0.239 e. The minimum absolute atomic E-state index is 0.00655. The van der Waals surface area contributed by atoms with Crippen LogP contribution in [0.1, 0.15) is 12.5 Å². The molecule has 1 amide bonds. The van der Waals surface area contributed by atoms with E-state index in [-0.39, 0.29) is 5.91 Å². The lowest BCUT2D eigenvalue weighted by molar-refractivity contribution is -0.127. The molecule has 0 saturated carbocycles. The van der Waals surface area contributed by atoms with Gasteiger partial charge in [-0.05, 0) is 23.8 Å². The molecule has 8 heteroatoms. The number of carbonyl (C=O) groups excluding carboxylic acids is 1. The van der Waals surface area contributed by atoms with Crippen molar-refractivity contribution in [2.45, 2.75) is 6.92 Å². The normalized spacial score (nSPS) is 10.1. The highest BCUT2D eigenvalue weighted by Crippen LogP contribution is 2.26. The van der Waals surface area contributed by atoms with Crippen LogP contribution < -0.4 is 10.1 Å². The molecule has 1 aromatic carbocycles. The second kappa shape index (κ2) is 9.28. The van der Waals surface area contributed by atoms with Gasteiger partial charge >= 0.3 is 0 Å². The molecule has 2 heterocycles. The van der Waals surface area contributed by atoms with Gasteiger partial charge in [0.1, 0.15) is 17.6 Å². The third-order valence-electron chi connectivity index (χ3n) is 4.23. The van der Waals surface area contributed by atoms with E-state index in [1.165, 1.54) is 13.1 Å². The first-order chi connectivity index (χ1) is 14.1. The summed E-state index contributed by atoms with van der Waals surface area (Å²) in [6.07, 6.45) is 6.32. The van der Waals surface area contributed by atoms with E-state index in [4.69, 9.17) is 4.74 Å². The molecule has 0 saturated heterocycles. The predicted octanol–water partition coefficient (Wildman–Crippen LogP) is 3.09. The number of nitrogens with one attached hydrogen (secondary N) is 1. The molecule has 0 bridgehead atoms. The number of amides is 1. The molecule has 2 aromatic heterocycles. The number of nitriles is 1. The molecule has 0 aliphatic heterocycles. The lowest BCUT2D eigenvalue weighted by Gasteiger charge is -2.15. The Kier molecular flexibility index (Phi) is 6.32. The van der Waals surface area contributed by atoms with Crippen molar-refractivity contribution in [3.63, 3.8) is 0 Å². The van der Waals surface area contributed by atoms with E-state index in [0.717, 1.165) is 11.1 Å². The highest BCUT2D eigenvalue weighted by atomic mass is 16.5. The number of nitrogens with zero attached hydrogens (tertiary/aromatic N) is 5. The van der Waals surface area contributed by atoms with Gasteiger partial charge in [-0.3, -0.25) is 14.8 Å². The summed E-state index contributed by atoms with van der Waals surface area (Å²) < 4.78 is 5.78. The Morgan fingerprint density at radius 3 is 2.69 bits per heavy atom. The van der Waals surface area contributed by atoms with Crippen molar-refractivity contribution >= 4 is 11.7 Å². The van der Waals surface area contributed by atoms with Gasteiger partial charge in [-0.1, -0.05) is 12.1 Å². The highest BCUT2D eigenvalue weighted by molar-refractivity contribution is 5.72. The van der Waals surface area contributed by atoms with E-state index < -0.39 is 0 Å². The number of likely N-dealkylation sites (N-methyl/N-ethyl adjacent to an activating group) is 1. The Balaban J connectivity index is 1.65. The van der Waals surface area contributed by atoms with Gasteiger partial charge in [0, 0.05) is 45.0 Å². The monoisotopic (exact) mass is 388 g/mol. The minimum Gasteiger partial charge on any atom is -0.437 e. The largest absolute Gasteiger partial charge is 0.437 e. The third kappa shape index (κ3) is 5.26. The SMILES string of the molecule is CC(=O)N(C)CCNc1cncc(Oc2ccc(-c3ccncc3C#N)cc2)n1. The Labute approximate surface area is 168 Å². The number of carbonyl (C=O) groups is 1.